The summed E-state index contributed by atoms with van der Waals surface area (Å²) in [6, 6.07) is 5.70. The lowest BCUT2D eigenvalue weighted by Crippen LogP contribution is -2.36. The Bertz CT molecular complexity index is 813. The maximum atomic E-state index is 12.4. The maximum Gasteiger partial charge on any atom is 0.340 e. The normalized spacial score (nSPS) is 16.1. The Morgan fingerprint density at radius 2 is 1.90 bits per heavy atom. The van der Waals surface area contributed by atoms with Crippen LogP contribution >= 0.6 is 12.4 Å². The number of esters is 1. The fraction of sp³-hybridized carbons (Fsp3) is 0.591. The van der Waals surface area contributed by atoms with Crippen LogP contribution in [0.3, 0.4) is 0 Å². The lowest BCUT2D eigenvalue weighted by Gasteiger charge is -2.23. The summed E-state index contributed by atoms with van der Waals surface area (Å²) in [6.45, 7) is 7.04. The second-order valence-electron chi connectivity index (χ2n) is 7.60. The van der Waals surface area contributed by atoms with E-state index in [-0.39, 0.29) is 25.0 Å². The first-order valence-corrected chi connectivity index (χ1v) is 10.3. The molecule has 0 spiro atoms. The number of aliphatic hydroxyl groups is 1. The van der Waals surface area contributed by atoms with Gasteiger partial charge in [-0.1, -0.05) is 12.8 Å². The average molecular weight is 425 g/mol. The van der Waals surface area contributed by atoms with Gasteiger partial charge >= 0.3 is 5.97 Å². The van der Waals surface area contributed by atoms with Crippen molar-refractivity contribution in [3.8, 4) is 5.75 Å². The third-order valence-corrected chi connectivity index (χ3v) is 5.55. The van der Waals surface area contributed by atoms with Gasteiger partial charge in [-0.05, 0) is 58.0 Å². The first kappa shape index (κ1) is 23.5. The summed E-state index contributed by atoms with van der Waals surface area (Å²) in [5.41, 5.74) is 2.40. The van der Waals surface area contributed by atoms with Gasteiger partial charge in [0.05, 0.1) is 12.2 Å². The van der Waals surface area contributed by atoms with Gasteiger partial charge in [0.2, 0.25) is 0 Å². The van der Waals surface area contributed by atoms with Crippen LogP contribution in [0.2, 0.25) is 0 Å². The number of hydrogen-bond acceptors (Lipinski definition) is 5. The van der Waals surface area contributed by atoms with Crippen molar-refractivity contribution < 1.29 is 19.4 Å². The van der Waals surface area contributed by atoms with Crippen LogP contribution in [0.1, 0.15) is 48.7 Å². The molecule has 6 nitrogen and oxygen atoms in total. The molecule has 1 aliphatic heterocycles. The summed E-state index contributed by atoms with van der Waals surface area (Å²) in [4.78, 5) is 14.7. The summed E-state index contributed by atoms with van der Waals surface area (Å²) in [5.74, 6) is 0.336. The van der Waals surface area contributed by atoms with Crippen LogP contribution in [0.5, 0.6) is 5.75 Å². The number of fused-ring (bicyclic) bond motifs is 1. The standard InChI is InChI=1S/C22H32N2O4.ClH/c1-4-27-22(26)21-16(2)23(3)20-10-9-18(13-19(20)21)28-15-17(25)14-24-11-7-5-6-8-12-24;/h9-10,13,17,25H,4-8,11-12,14-15H2,1-3H3;1H. The minimum absolute atomic E-state index is 0. The van der Waals surface area contributed by atoms with Gasteiger partial charge in [0.1, 0.15) is 18.5 Å². The lowest BCUT2D eigenvalue weighted by atomic mass is 10.1. The van der Waals surface area contributed by atoms with Crippen molar-refractivity contribution in [3.63, 3.8) is 0 Å². The molecule has 0 aliphatic carbocycles. The molecule has 1 saturated heterocycles. The second-order valence-corrected chi connectivity index (χ2v) is 7.60. The molecule has 162 valence electrons. The highest BCUT2D eigenvalue weighted by molar-refractivity contribution is 6.06. The summed E-state index contributed by atoms with van der Waals surface area (Å²) in [7, 11) is 1.94. The van der Waals surface area contributed by atoms with Gasteiger partial charge in [-0.3, -0.25) is 0 Å². The molecular formula is C22H33ClN2O4. The number of aryl methyl sites for hydroxylation is 1. The zero-order valence-electron chi connectivity index (χ0n) is 17.6. The Hall–Kier alpha value is -1.76. The molecule has 1 atom stereocenters. The predicted molar refractivity (Wildman–Crippen MR) is 117 cm³/mol. The number of benzene rings is 1. The first-order chi connectivity index (χ1) is 13.5. The Balaban J connectivity index is 0.00000300. The molecule has 0 amide bonds. The summed E-state index contributed by atoms with van der Waals surface area (Å²) < 4.78 is 13.1. The van der Waals surface area contributed by atoms with Gasteiger partial charge in [0.25, 0.3) is 0 Å². The number of β-amino-alcohol motifs (C(OH)–C–C–N with tert-alkyl or cyclic N) is 1. The number of halogens is 1. The molecule has 2 aromatic rings. The number of likely N-dealkylation sites (tertiary alicyclic amines) is 1. The minimum Gasteiger partial charge on any atom is -0.491 e. The van der Waals surface area contributed by atoms with Crippen molar-refractivity contribution in [1.29, 1.82) is 0 Å². The number of carbonyl (C=O) groups excluding carboxylic acids is 1. The van der Waals surface area contributed by atoms with Crippen LogP contribution in [-0.2, 0) is 11.8 Å². The van der Waals surface area contributed by atoms with Crippen LogP contribution in [0, 0.1) is 6.92 Å². The van der Waals surface area contributed by atoms with E-state index < -0.39 is 6.10 Å². The molecule has 1 aliphatic rings. The van der Waals surface area contributed by atoms with E-state index in [9.17, 15) is 9.90 Å². The third-order valence-electron chi connectivity index (χ3n) is 5.55. The van der Waals surface area contributed by atoms with E-state index in [1.54, 1.807) is 6.92 Å². The van der Waals surface area contributed by atoms with Crippen molar-refractivity contribution in [2.24, 2.45) is 7.05 Å². The molecule has 1 unspecified atom stereocenters. The highest BCUT2D eigenvalue weighted by atomic mass is 35.5. The molecule has 2 heterocycles. The highest BCUT2D eigenvalue weighted by Gasteiger charge is 2.20. The topological polar surface area (TPSA) is 63.9 Å². The Morgan fingerprint density at radius 3 is 2.55 bits per heavy atom. The monoisotopic (exact) mass is 424 g/mol. The molecular weight excluding hydrogens is 392 g/mol. The number of ether oxygens (including phenoxy) is 2. The van der Waals surface area contributed by atoms with E-state index in [2.05, 4.69) is 4.90 Å². The number of rotatable bonds is 7. The molecule has 1 fully saturated rings. The van der Waals surface area contributed by atoms with E-state index in [4.69, 9.17) is 9.47 Å². The molecule has 1 aromatic carbocycles. The number of carbonyl (C=O) groups is 1. The van der Waals surface area contributed by atoms with Gasteiger partial charge in [-0.25, -0.2) is 4.79 Å². The van der Waals surface area contributed by atoms with Crippen LogP contribution < -0.4 is 4.74 Å². The fourth-order valence-electron chi connectivity index (χ4n) is 3.96. The number of nitrogens with zero attached hydrogens (tertiary/aromatic N) is 2. The van der Waals surface area contributed by atoms with Gasteiger partial charge in [-0.2, -0.15) is 0 Å². The molecule has 0 bridgehead atoms. The third kappa shape index (κ3) is 5.65. The van der Waals surface area contributed by atoms with Crippen LogP contribution in [0.15, 0.2) is 18.2 Å². The zero-order valence-corrected chi connectivity index (χ0v) is 18.5. The lowest BCUT2D eigenvalue weighted by molar-refractivity contribution is 0.0527. The number of aromatic nitrogens is 1. The van der Waals surface area contributed by atoms with Crippen molar-refractivity contribution >= 4 is 29.3 Å². The second kappa shape index (κ2) is 10.9. The van der Waals surface area contributed by atoms with E-state index in [1.807, 2.05) is 36.7 Å². The molecule has 0 radical (unpaired) electrons. The van der Waals surface area contributed by atoms with E-state index in [0.29, 0.717) is 24.5 Å². The molecule has 3 rings (SSSR count). The zero-order chi connectivity index (χ0) is 20.1. The molecule has 0 saturated carbocycles. The molecule has 7 heteroatoms. The van der Waals surface area contributed by atoms with Crippen LogP contribution in [0.25, 0.3) is 10.9 Å². The predicted octanol–water partition coefficient (Wildman–Crippen LogP) is 3.70. The smallest absolute Gasteiger partial charge is 0.340 e. The van der Waals surface area contributed by atoms with Gasteiger partial charge in [0, 0.05) is 30.2 Å². The highest BCUT2D eigenvalue weighted by Crippen LogP contribution is 2.29. The maximum absolute atomic E-state index is 12.4. The van der Waals surface area contributed by atoms with Crippen molar-refractivity contribution in [1.82, 2.24) is 9.47 Å². The first-order valence-electron chi connectivity index (χ1n) is 10.3. The van der Waals surface area contributed by atoms with Crippen molar-refractivity contribution in [2.45, 2.75) is 45.6 Å². The molecule has 1 aromatic heterocycles. The Kier molecular flexibility index (Phi) is 8.80. The van der Waals surface area contributed by atoms with Gasteiger partial charge < -0.3 is 24.0 Å². The molecule has 1 N–H and O–H groups in total. The van der Waals surface area contributed by atoms with Crippen molar-refractivity contribution in [3.05, 3.63) is 29.5 Å². The quantitative estimate of drug-likeness (QED) is 0.686. The van der Waals surface area contributed by atoms with Crippen molar-refractivity contribution in [2.75, 3.05) is 32.8 Å². The number of aliphatic hydroxyl groups excluding tert-OH is 1. The van der Waals surface area contributed by atoms with Crippen LogP contribution in [-0.4, -0.2) is 59.5 Å². The number of hydrogen-bond donors (Lipinski definition) is 1. The van der Waals surface area contributed by atoms with Gasteiger partial charge in [-0.15, -0.1) is 12.4 Å². The Morgan fingerprint density at radius 1 is 1.21 bits per heavy atom. The molecule has 29 heavy (non-hydrogen) atoms. The summed E-state index contributed by atoms with van der Waals surface area (Å²) in [5, 5.41) is 11.2. The fourth-order valence-corrected chi connectivity index (χ4v) is 3.96. The largest absolute Gasteiger partial charge is 0.491 e. The Labute approximate surface area is 179 Å². The van der Waals surface area contributed by atoms with E-state index in [0.717, 1.165) is 29.7 Å². The van der Waals surface area contributed by atoms with E-state index in [1.165, 1.54) is 25.7 Å². The SMILES string of the molecule is CCOC(=O)c1c(C)n(C)c2ccc(OCC(O)CN3CCCCCC3)cc12.Cl. The van der Waals surface area contributed by atoms with E-state index >= 15 is 0 Å². The minimum atomic E-state index is -0.532. The summed E-state index contributed by atoms with van der Waals surface area (Å²) >= 11 is 0. The van der Waals surface area contributed by atoms with Crippen LogP contribution in [0.4, 0.5) is 0 Å². The summed E-state index contributed by atoms with van der Waals surface area (Å²) in [6.07, 6.45) is 4.43. The average Bonchev–Trinajstić information content (AvgIpc) is 2.84. The van der Waals surface area contributed by atoms with Gasteiger partial charge in [0.15, 0.2) is 0 Å².